The zero-order valence-corrected chi connectivity index (χ0v) is 10.8. The molecule has 0 amide bonds. The van der Waals surface area contributed by atoms with E-state index in [2.05, 4.69) is 6.92 Å². The van der Waals surface area contributed by atoms with Crippen LogP contribution in [0.3, 0.4) is 0 Å². The van der Waals surface area contributed by atoms with Crippen LogP contribution in [0.4, 0.5) is 0 Å². The highest BCUT2D eigenvalue weighted by atomic mass is 16.5. The van der Waals surface area contributed by atoms with Gasteiger partial charge in [-0.2, -0.15) is 0 Å². The SMILES string of the molecule is CCC(=O)OC1CC(C)CCC1C(C)(C)O. The van der Waals surface area contributed by atoms with E-state index in [1.807, 2.05) is 0 Å². The van der Waals surface area contributed by atoms with Gasteiger partial charge in [0.25, 0.3) is 0 Å². The van der Waals surface area contributed by atoms with Gasteiger partial charge in [-0.25, -0.2) is 0 Å². The van der Waals surface area contributed by atoms with Gasteiger partial charge < -0.3 is 9.84 Å². The first-order valence-corrected chi connectivity index (χ1v) is 6.26. The van der Waals surface area contributed by atoms with Gasteiger partial charge in [-0.05, 0) is 32.6 Å². The lowest BCUT2D eigenvalue weighted by atomic mass is 9.73. The van der Waals surface area contributed by atoms with Crippen molar-refractivity contribution >= 4 is 5.97 Å². The quantitative estimate of drug-likeness (QED) is 0.755. The molecule has 1 aliphatic rings. The van der Waals surface area contributed by atoms with E-state index in [4.69, 9.17) is 4.74 Å². The molecule has 1 fully saturated rings. The minimum atomic E-state index is -0.765. The summed E-state index contributed by atoms with van der Waals surface area (Å²) in [5.41, 5.74) is -0.765. The van der Waals surface area contributed by atoms with Gasteiger partial charge >= 0.3 is 5.97 Å². The highest BCUT2D eigenvalue weighted by Crippen LogP contribution is 2.37. The molecule has 94 valence electrons. The first-order valence-electron chi connectivity index (χ1n) is 6.26. The van der Waals surface area contributed by atoms with E-state index in [9.17, 15) is 9.90 Å². The number of hydrogen-bond donors (Lipinski definition) is 1. The van der Waals surface area contributed by atoms with Crippen LogP contribution < -0.4 is 0 Å². The smallest absolute Gasteiger partial charge is 0.305 e. The molecule has 16 heavy (non-hydrogen) atoms. The van der Waals surface area contributed by atoms with Crippen molar-refractivity contribution in [1.29, 1.82) is 0 Å². The van der Waals surface area contributed by atoms with E-state index in [0.29, 0.717) is 12.3 Å². The van der Waals surface area contributed by atoms with Gasteiger partial charge in [-0.1, -0.05) is 20.3 Å². The minimum absolute atomic E-state index is 0.0687. The largest absolute Gasteiger partial charge is 0.462 e. The average molecular weight is 228 g/mol. The summed E-state index contributed by atoms with van der Waals surface area (Å²) in [6.07, 6.45) is 3.21. The number of carbonyl (C=O) groups excluding carboxylic acids is 1. The summed E-state index contributed by atoms with van der Waals surface area (Å²) in [6, 6.07) is 0. The Kier molecular flexibility index (Phi) is 4.36. The standard InChI is InChI=1S/C13H24O3/c1-5-12(14)16-11-8-9(2)6-7-10(11)13(3,4)15/h9-11,15H,5-8H2,1-4H3. The summed E-state index contributed by atoms with van der Waals surface area (Å²) < 4.78 is 5.45. The van der Waals surface area contributed by atoms with Crippen LogP contribution in [0.15, 0.2) is 0 Å². The summed E-state index contributed by atoms with van der Waals surface area (Å²) in [4.78, 5) is 11.4. The second-order valence-electron chi connectivity index (χ2n) is 5.56. The van der Waals surface area contributed by atoms with Crippen molar-refractivity contribution in [3.63, 3.8) is 0 Å². The molecule has 3 nitrogen and oxygen atoms in total. The predicted octanol–water partition coefficient (Wildman–Crippen LogP) is 2.52. The number of carbonyl (C=O) groups is 1. The van der Waals surface area contributed by atoms with Gasteiger partial charge in [-0.3, -0.25) is 4.79 Å². The molecular weight excluding hydrogens is 204 g/mol. The van der Waals surface area contributed by atoms with E-state index < -0.39 is 5.60 Å². The highest BCUT2D eigenvalue weighted by Gasteiger charge is 2.39. The van der Waals surface area contributed by atoms with E-state index in [1.54, 1.807) is 20.8 Å². The monoisotopic (exact) mass is 228 g/mol. The van der Waals surface area contributed by atoms with Crippen LogP contribution >= 0.6 is 0 Å². The van der Waals surface area contributed by atoms with Crippen LogP contribution in [-0.2, 0) is 9.53 Å². The fourth-order valence-electron chi connectivity index (χ4n) is 2.52. The number of rotatable bonds is 3. The second kappa shape index (κ2) is 5.17. The Morgan fingerprint density at radius 3 is 2.56 bits per heavy atom. The summed E-state index contributed by atoms with van der Waals surface area (Å²) >= 11 is 0. The Morgan fingerprint density at radius 2 is 2.06 bits per heavy atom. The Labute approximate surface area is 98.2 Å². The minimum Gasteiger partial charge on any atom is -0.462 e. The second-order valence-corrected chi connectivity index (χ2v) is 5.56. The number of esters is 1. The first-order chi connectivity index (χ1) is 7.34. The average Bonchev–Trinajstić information content (AvgIpc) is 2.15. The maximum Gasteiger partial charge on any atom is 0.305 e. The molecule has 0 aromatic rings. The summed E-state index contributed by atoms with van der Waals surface area (Å²) in [5, 5.41) is 10.1. The zero-order chi connectivity index (χ0) is 12.3. The maximum atomic E-state index is 11.4. The van der Waals surface area contributed by atoms with Crippen LogP contribution in [0, 0.1) is 11.8 Å². The lowest BCUT2D eigenvalue weighted by Gasteiger charge is -2.40. The molecular formula is C13H24O3. The molecule has 0 radical (unpaired) electrons. The van der Waals surface area contributed by atoms with Crippen molar-refractivity contribution < 1.29 is 14.6 Å². The van der Waals surface area contributed by atoms with E-state index in [1.165, 1.54) is 0 Å². The fourth-order valence-corrected chi connectivity index (χ4v) is 2.52. The van der Waals surface area contributed by atoms with Crippen molar-refractivity contribution in [1.82, 2.24) is 0 Å². The third-order valence-electron chi connectivity index (χ3n) is 3.53. The van der Waals surface area contributed by atoms with Crippen LogP contribution in [0.2, 0.25) is 0 Å². The van der Waals surface area contributed by atoms with Crippen molar-refractivity contribution in [3.8, 4) is 0 Å². The molecule has 3 unspecified atom stereocenters. The third kappa shape index (κ3) is 3.48. The Hall–Kier alpha value is -0.570. The highest BCUT2D eigenvalue weighted by molar-refractivity contribution is 5.69. The molecule has 1 N–H and O–H groups in total. The van der Waals surface area contributed by atoms with Gasteiger partial charge in [0.2, 0.25) is 0 Å². The van der Waals surface area contributed by atoms with Crippen LogP contribution in [0.5, 0.6) is 0 Å². The topological polar surface area (TPSA) is 46.5 Å². The van der Waals surface area contributed by atoms with Gasteiger partial charge in [0.05, 0.1) is 5.60 Å². The Morgan fingerprint density at radius 1 is 1.44 bits per heavy atom. The molecule has 0 aromatic carbocycles. The Balaban J connectivity index is 2.69. The van der Waals surface area contributed by atoms with Crippen LogP contribution in [-0.4, -0.2) is 22.8 Å². The lowest BCUT2D eigenvalue weighted by molar-refractivity contribution is -0.161. The fraction of sp³-hybridized carbons (Fsp3) is 0.923. The molecule has 1 aliphatic carbocycles. The lowest BCUT2D eigenvalue weighted by Crippen LogP contribution is -2.44. The molecule has 0 bridgehead atoms. The molecule has 0 aliphatic heterocycles. The van der Waals surface area contributed by atoms with Gasteiger partial charge in [0.1, 0.15) is 6.10 Å². The predicted molar refractivity (Wildman–Crippen MR) is 63.0 cm³/mol. The van der Waals surface area contributed by atoms with Crippen molar-refractivity contribution in [2.45, 2.75) is 65.1 Å². The zero-order valence-electron chi connectivity index (χ0n) is 10.8. The van der Waals surface area contributed by atoms with Crippen LogP contribution in [0.25, 0.3) is 0 Å². The normalized spacial score (nSPS) is 31.2. The van der Waals surface area contributed by atoms with Gasteiger partial charge in [-0.15, -0.1) is 0 Å². The molecule has 3 heteroatoms. The molecule has 0 saturated heterocycles. The summed E-state index contributed by atoms with van der Waals surface area (Å²) in [6.45, 7) is 7.59. The maximum absolute atomic E-state index is 11.4. The van der Waals surface area contributed by atoms with Gasteiger partial charge in [0, 0.05) is 12.3 Å². The summed E-state index contributed by atoms with van der Waals surface area (Å²) in [5.74, 6) is 0.487. The number of aliphatic hydroxyl groups is 1. The Bertz CT molecular complexity index is 242. The van der Waals surface area contributed by atoms with Gasteiger partial charge in [0.15, 0.2) is 0 Å². The van der Waals surface area contributed by atoms with E-state index in [-0.39, 0.29) is 18.0 Å². The van der Waals surface area contributed by atoms with E-state index >= 15 is 0 Å². The molecule has 0 spiro atoms. The van der Waals surface area contributed by atoms with E-state index in [0.717, 1.165) is 19.3 Å². The number of ether oxygens (including phenoxy) is 1. The molecule has 1 saturated carbocycles. The molecule has 1 rings (SSSR count). The summed E-state index contributed by atoms with van der Waals surface area (Å²) in [7, 11) is 0. The van der Waals surface area contributed by atoms with Crippen molar-refractivity contribution in [2.75, 3.05) is 0 Å². The molecule has 3 atom stereocenters. The molecule has 0 aromatic heterocycles. The van der Waals surface area contributed by atoms with Crippen LogP contribution in [0.1, 0.15) is 53.4 Å². The van der Waals surface area contributed by atoms with Crippen molar-refractivity contribution in [2.24, 2.45) is 11.8 Å². The first kappa shape index (κ1) is 13.5. The number of hydrogen-bond acceptors (Lipinski definition) is 3. The third-order valence-corrected chi connectivity index (χ3v) is 3.53. The van der Waals surface area contributed by atoms with Crippen molar-refractivity contribution in [3.05, 3.63) is 0 Å². The molecule has 0 heterocycles.